The maximum Gasteiger partial charge on any atom is 0.317 e. The molecule has 9 heteroatoms. The molecule has 0 spiro atoms. The highest BCUT2D eigenvalue weighted by Crippen LogP contribution is 2.26. The number of hydrogen-bond acceptors (Lipinski definition) is 5. The zero-order valence-corrected chi connectivity index (χ0v) is 20.8. The predicted octanol–water partition coefficient (Wildman–Crippen LogP) is 2.96. The number of anilines is 1. The Bertz CT molecular complexity index is 844. The minimum absolute atomic E-state index is 0.00163. The van der Waals surface area contributed by atoms with Crippen LogP contribution in [0.1, 0.15) is 51.4 Å². The Kier molecular flexibility index (Phi) is 9.52. The first-order valence-electron chi connectivity index (χ1n) is 11.5. The number of nitrogens with one attached hydrogen (secondary N) is 2. The second-order valence-corrected chi connectivity index (χ2v) is 8.97. The zero-order chi connectivity index (χ0) is 24.7. The van der Waals surface area contributed by atoms with Gasteiger partial charge in [-0.05, 0) is 39.0 Å². The quantitative estimate of drug-likeness (QED) is 0.717. The van der Waals surface area contributed by atoms with Gasteiger partial charge in [-0.1, -0.05) is 13.8 Å². The number of hydrogen-bond donors (Lipinski definition) is 2. The SMILES string of the molecule is CCC(=O)Nc1ccc2c(c1)C(=O)N(C)C[C@@H](OC)[C@H](C)CN(C(=O)NC(C)C)[C@@H](C)CO2. The molecular weight excluding hydrogens is 424 g/mol. The molecule has 0 saturated carbocycles. The van der Waals surface area contributed by atoms with Gasteiger partial charge in [0.1, 0.15) is 12.4 Å². The van der Waals surface area contributed by atoms with Crippen LogP contribution in [0.5, 0.6) is 5.75 Å². The van der Waals surface area contributed by atoms with Gasteiger partial charge in [0, 0.05) is 51.3 Å². The van der Waals surface area contributed by atoms with E-state index in [-0.39, 0.29) is 48.6 Å². The third kappa shape index (κ3) is 7.08. The normalized spacial score (nSPS) is 22.1. The van der Waals surface area contributed by atoms with Crippen LogP contribution in [0.4, 0.5) is 10.5 Å². The molecule has 1 heterocycles. The topological polar surface area (TPSA) is 100 Å². The summed E-state index contributed by atoms with van der Waals surface area (Å²) in [6, 6.07) is 4.61. The van der Waals surface area contributed by atoms with Crippen molar-refractivity contribution in [3.05, 3.63) is 23.8 Å². The highest BCUT2D eigenvalue weighted by atomic mass is 16.5. The van der Waals surface area contributed by atoms with Crippen LogP contribution in [0.2, 0.25) is 0 Å². The van der Waals surface area contributed by atoms with Crippen LogP contribution in [0.15, 0.2) is 18.2 Å². The van der Waals surface area contributed by atoms with Crippen LogP contribution in [-0.2, 0) is 9.53 Å². The number of nitrogens with zero attached hydrogens (tertiary/aromatic N) is 2. The molecule has 33 heavy (non-hydrogen) atoms. The van der Waals surface area contributed by atoms with Crippen LogP contribution in [0, 0.1) is 5.92 Å². The maximum atomic E-state index is 13.3. The Morgan fingerprint density at radius 1 is 1.24 bits per heavy atom. The first kappa shape index (κ1) is 26.4. The van der Waals surface area contributed by atoms with Gasteiger partial charge in [-0.25, -0.2) is 4.79 Å². The van der Waals surface area contributed by atoms with Crippen molar-refractivity contribution >= 4 is 23.5 Å². The number of ether oxygens (including phenoxy) is 2. The van der Waals surface area contributed by atoms with Crippen LogP contribution < -0.4 is 15.4 Å². The van der Waals surface area contributed by atoms with E-state index in [1.165, 1.54) is 0 Å². The number of methoxy groups -OCH3 is 1. The van der Waals surface area contributed by atoms with Gasteiger partial charge in [0.25, 0.3) is 5.91 Å². The smallest absolute Gasteiger partial charge is 0.317 e. The molecule has 184 valence electrons. The average Bonchev–Trinajstić information content (AvgIpc) is 2.77. The van der Waals surface area contributed by atoms with Gasteiger partial charge in [0.05, 0.1) is 17.7 Å². The molecule has 0 unspecified atom stereocenters. The van der Waals surface area contributed by atoms with E-state index >= 15 is 0 Å². The lowest BCUT2D eigenvalue weighted by Gasteiger charge is -2.36. The van der Waals surface area contributed by atoms with E-state index in [1.807, 2.05) is 27.7 Å². The molecule has 1 aliphatic rings. The summed E-state index contributed by atoms with van der Waals surface area (Å²) in [5.41, 5.74) is 0.876. The third-order valence-electron chi connectivity index (χ3n) is 5.72. The lowest BCUT2D eigenvalue weighted by Crippen LogP contribution is -2.52. The molecule has 0 aliphatic carbocycles. The number of rotatable bonds is 4. The molecule has 2 rings (SSSR count). The fraction of sp³-hybridized carbons (Fsp3) is 0.625. The molecule has 1 aliphatic heterocycles. The van der Waals surface area contributed by atoms with Crippen LogP contribution in [0.3, 0.4) is 0 Å². The van der Waals surface area contributed by atoms with Gasteiger partial charge in [0.2, 0.25) is 5.91 Å². The minimum atomic E-state index is -0.271. The molecule has 0 fully saturated rings. The van der Waals surface area contributed by atoms with E-state index < -0.39 is 0 Å². The molecule has 0 radical (unpaired) electrons. The number of benzene rings is 1. The van der Waals surface area contributed by atoms with E-state index in [1.54, 1.807) is 49.1 Å². The average molecular weight is 463 g/mol. The molecule has 2 N–H and O–H groups in total. The molecule has 4 amide bonds. The summed E-state index contributed by atoms with van der Waals surface area (Å²) in [6.07, 6.45) is 0.0629. The van der Waals surface area contributed by atoms with E-state index in [2.05, 4.69) is 10.6 Å². The number of urea groups is 1. The standard InChI is InChI=1S/C24H38N4O5/c1-8-22(29)26-18-9-10-20-19(11-18)23(30)27(6)13-21(32-7)16(4)12-28(17(5)14-33-20)24(31)25-15(2)3/h9-11,15-17,21H,8,12-14H2,1-7H3,(H,25,31)(H,26,29)/t16-,17+,21-/m1/s1. The third-order valence-corrected chi connectivity index (χ3v) is 5.72. The van der Waals surface area contributed by atoms with Gasteiger partial charge in [-0.3, -0.25) is 9.59 Å². The van der Waals surface area contributed by atoms with Crippen molar-refractivity contribution in [2.45, 2.75) is 59.2 Å². The van der Waals surface area contributed by atoms with Gasteiger partial charge in [0.15, 0.2) is 0 Å². The molecule has 0 aromatic heterocycles. The van der Waals surface area contributed by atoms with Gasteiger partial charge < -0.3 is 29.9 Å². The summed E-state index contributed by atoms with van der Waals surface area (Å²) in [7, 11) is 3.32. The number of likely N-dealkylation sites (N-methyl/N-ethyl adjacent to an activating group) is 1. The van der Waals surface area contributed by atoms with Crippen molar-refractivity contribution < 1.29 is 23.9 Å². The van der Waals surface area contributed by atoms with Crippen molar-refractivity contribution in [1.29, 1.82) is 0 Å². The van der Waals surface area contributed by atoms with Gasteiger partial charge in [-0.15, -0.1) is 0 Å². The molecule has 1 aromatic rings. The Hall–Kier alpha value is -2.81. The molecule has 1 aromatic carbocycles. The molecular formula is C24H38N4O5. The van der Waals surface area contributed by atoms with Crippen LogP contribution >= 0.6 is 0 Å². The predicted molar refractivity (Wildman–Crippen MR) is 128 cm³/mol. The van der Waals surface area contributed by atoms with Crippen molar-refractivity contribution in [2.24, 2.45) is 5.92 Å². The maximum absolute atomic E-state index is 13.3. The molecule has 3 atom stereocenters. The summed E-state index contributed by atoms with van der Waals surface area (Å²) in [5.74, 6) is 0.00713. The minimum Gasteiger partial charge on any atom is -0.491 e. The first-order valence-corrected chi connectivity index (χ1v) is 11.5. The fourth-order valence-corrected chi connectivity index (χ4v) is 3.72. The summed E-state index contributed by atoms with van der Waals surface area (Å²) in [4.78, 5) is 41.4. The van der Waals surface area contributed by atoms with E-state index in [0.717, 1.165) is 0 Å². The van der Waals surface area contributed by atoms with E-state index in [9.17, 15) is 14.4 Å². The number of carbonyl (C=O) groups excluding carboxylic acids is 3. The Morgan fingerprint density at radius 3 is 2.55 bits per heavy atom. The highest BCUT2D eigenvalue weighted by molar-refractivity contribution is 5.99. The van der Waals surface area contributed by atoms with Crippen molar-refractivity contribution in [3.8, 4) is 5.75 Å². The summed E-state index contributed by atoms with van der Waals surface area (Å²) < 4.78 is 11.7. The number of carbonyl (C=O) groups is 3. The molecule has 9 nitrogen and oxygen atoms in total. The van der Waals surface area contributed by atoms with Crippen LogP contribution in [-0.4, -0.2) is 79.7 Å². The lowest BCUT2D eigenvalue weighted by molar-refractivity contribution is -0.115. The fourth-order valence-electron chi connectivity index (χ4n) is 3.72. The molecule has 0 saturated heterocycles. The number of fused-ring (bicyclic) bond motifs is 1. The number of amides is 4. The van der Waals surface area contributed by atoms with E-state index in [4.69, 9.17) is 9.47 Å². The highest BCUT2D eigenvalue weighted by Gasteiger charge is 2.30. The van der Waals surface area contributed by atoms with Crippen molar-refractivity contribution in [3.63, 3.8) is 0 Å². The second-order valence-electron chi connectivity index (χ2n) is 8.97. The second kappa shape index (κ2) is 11.9. The Morgan fingerprint density at radius 2 is 1.94 bits per heavy atom. The molecule has 0 bridgehead atoms. The van der Waals surface area contributed by atoms with Crippen molar-refractivity contribution in [2.75, 3.05) is 39.2 Å². The van der Waals surface area contributed by atoms with E-state index in [0.29, 0.717) is 36.5 Å². The lowest BCUT2D eigenvalue weighted by atomic mass is 10.0. The monoisotopic (exact) mass is 462 g/mol. The summed E-state index contributed by atoms with van der Waals surface area (Å²) >= 11 is 0. The summed E-state index contributed by atoms with van der Waals surface area (Å²) in [5, 5.41) is 5.75. The van der Waals surface area contributed by atoms with Gasteiger partial charge >= 0.3 is 6.03 Å². The van der Waals surface area contributed by atoms with Gasteiger partial charge in [-0.2, -0.15) is 0 Å². The largest absolute Gasteiger partial charge is 0.491 e. The zero-order valence-electron chi connectivity index (χ0n) is 20.8. The first-order chi connectivity index (χ1) is 15.6. The van der Waals surface area contributed by atoms with Crippen molar-refractivity contribution in [1.82, 2.24) is 15.1 Å². The summed E-state index contributed by atoms with van der Waals surface area (Å²) in [6.45, 7) is 10.5. The Labute approximate surface area is 196 Å². The Balaban J connectivity index is 2.44. The van der Waals surface area contributed by atoms with Crippen LogP contribution in [0.25, 0.3) is 0 Å².